The van der Waals surface area contributed by atoms with Crippen LogP contribution in [0.15, 0.2) is 48.5 Å². The summed E-state index contributed by atoms with van der Waals surface area (Å²) in [5, 5.41) is 0. The van der Waals surface area contributed by atoms with Crippen molar-refractivity contribution in [2.75, 3.05) is 6.61 Å². The van der Waals surface area contributed by atoms with Crippen LogP contribution in [0.5, 0.6) is 5.75 Å². The molecule has 2 aromatic rings. The van der Waals surface area contributed by atoms with Gasteiger partial charge in [-0.25, -0.2) is 0 Å². The number of carbonyl (C=O) groups excluding carboxylic acids is 2. The van der Waals surface area contributed by atoms with Crippen LogP contribution >= 0.6 is 0 Å². The van der Waals surface area contributed by atoms with Gasteiger partial charge in [-0.2, -0.15) is 0 Å². The van der Waals surface area contributed by atoms with Gasteiger partial charge in [-0.1, -0.05) is 42.0 Å². The summed E-state index contributed by atoms with van der Waals surface area (Å²) in [6.45, 7) is 3.37. The van der Waals surface area contributed by atoms with E-state index in [1.165, 1.54) is 6.92 Å². The SMILES string of the molecule is CC(=O)c1ccccc1OCC(=O)c1ccc(C)cc1. The van der Waals surface area contributed by atoms with Crippen molar-refractivity contribution in [3.8, 4) is 5.75 Å². The van der Waals surface area contributed by atoms with Gasteiger partial charge in [-0.15, -0.1) is 0 Å². The summed E-state index contributed by atoms with van der Waals surface area (Å²) in [6.07, 6.45) is 0. The molecule has 0 aliphatic rings. The molecule has 0 aromatic heterocycles. The number of ketones is 2. The number of benzene rings is 2. The molecule has 3 heteroatoms. The molecule has 0 saturated heterocycles. The number of hydrogen-bond acceptors (Lipinski definition) is 3. The molecule has 0 aliphatic heterocycles. The molecule has 0 saturated carbocycles. The van der Waals surface area contributed by atoms with Gasteiger partial charge in [0.1, 0.15) is 5.75 Å². The Morgan fingerprint density at radius 2 is 1.65 bits per heavy atom. The third kappa shape index (κ3) is 3.32. The Morgan fingerprint density at radius 3 is 2.30 bits per heavy atom. The smallest absolute Gasteiger partial charge is 0.200 e. The number of rotatable bonds is 5. The summed E-state index contributed by atoms with van der Waals surface area (Å²) < 4.78 is 5.47. The van der Waals surface area contributed by atoms with Gasteiger partial charge in [0.05, 0.1) is 5.56 Å². The molecule has 0 bridgehead atoms. The Labute approximate surface area is 118 Å². The Kier molecular flexibility index (Phi) is 4.31. The van der Waals surface area contributed by atoms with Crippen molar-refractivity contribution in [1.29, 1.82) is 0 Å². The summed E-state index contributed by atoms with van der Waals surface area (Å²) in [5.74, 6) is 0.257. The van der Waals surface area contributed by atoms with E-state index in [1.807, 2.05) is 19.1 Å². The van der Waals surface area contributed by atoms with Crippen LogP contribution in [0.2, 0.25) is 0 Å². The standard InChI is InChI=1S/C17H16O3/c1-12-7-9-14(10-8-12)16(19)11-20-17-6-4-3-5-15(17)13(2)18/h3-10H,11H2,1-2H3. The molecule has 20 heavy (non-hydrogen) atoms. The van der Waals surface area contributed by atoms with Crippen molar-refractivity contribution in [3.63, 3.8) is 0 Å². The number of Topliss-reactive ketones (excluding diaryl/α,β-unsaturated/α-hetero) is 2. The molecule has 0 fully saturated rings. The minimum absolute atomic E-state index is 0.0760. The fraction of sp³-hybridized carbons (Fsp3) is 0.176. The zero-order chi connectivity index (χ0) is 14.5. The molecule has 0 N–H and O–H groups in total. The van der Waals surface area contributed by atoms with Crippen molar-refractivity contribution in [3.05, 3.63) is 65.2 Å². The third-order valence-electron chi connectivity index (χ3n) is 3.00. The third-order valence-corrected chi connectivity index (χ3v) is 3.00. The van der Waals surface area contributed by atoms with Crippen LogP contribution in [0, 0.1) is 6.92 Å². The number of hydrogen-bond donors (Lipinski definition) is 0. The first kappa shape index (κ1) is 14.0. The Morgan fingerprint density at radius 1 is 1.00 bits per heavy atom. The highest BCUT2D eigenvalue weighted by Gasteiger charge is 2.10. The van der Waals surface area contributed by atoms with E-state index in [-0.39, 0.29) is 18.2 Å². The number of para-hydroxylation sites is 1. The number of aryl methyl sites for hydroxylation is 1. The summed E-state index contributed by atoms with van der Waals surface area (Å²) in [7, 11) is 0. The highest BCUT2D eigenvalue weighted by atomic mass is 16.5. The topological polar surface area (TPSA) is 43.4 Å². The Hall–Kier alpha value is -2.42. The summed E-state index contributed by atoms with van der Waals surface area (Å²) in [4.78, 5) is 23.5. The monoisotopic (exact) mass is 268 g/mol. The Balaban J connectivity index is 2.07. The van der Waals surface area contributed by atoms with Gasteiger partial charge in [0.15, 0.2) is 18.2 Å². The fourth-order valence-corrected chi connectivity index (χ4v) is 1.85. The lowest BCUT2D eigenvalue weighted by Crippen LogP contribution is -2.13. The van der Waals surface area contributed by atoms with Crippen LogP contribution < -0.4 is 4.74 Å². The second-order valence-electron chi connectivity index (χ2n) is 4.63. The van der Waals surface area contributed by atoms with Crippen LogP contribution in [-0.4, -0.2) is 18.2 Å². The van der Waals surface area contributed by atoms with E-state index in [0.717, 1.165) is 5.56 Å². The van der Waals surface area contributed by atoms with E-state index in [2.05, 4.69) is 0 Å². The number of ether oxygens (including phenoxy) is 1. The van der Waals surface area contributed by atoms with Gasteiger partial charge < -0.3 is 4.74 Å². The number of carbonyl (C=O) groups is 2. The zero-order valence-electron chi connectivity index (χ0n) is 11.6. The molecular formula is C17H16O3. The van der Waals surface area contributed by atoms with E-state index < -0.39 is 0 Å². The summed E-state index contributed by atoms with van der Waals surface area (Å²) in [5.41, 5.74) is 2.20. The molecule has 0 atom stereocenters. The van der Waals surface area contributed by atoms with Gasteiger partial charge in [-0.05, 0) is 26.0 Å². The van der Waals surface area contributed by atoms with Crippen LogP contribution in [0.3, 0.4) is 0 Å². The molecular weight excluding hydrogens is 252 g/mol. The van der Waals surface area contributed by atoms with Crippen molar-refractivity contribution in [1.82, 2.24) is 0 Å². The van der Waals surface area contributed by atoms with E-state index in [1.54, 1.807) is 36.4 Å². The first-order valence-corrected chi connectivity index (χ1v) is 6.40. The predicted octanol–water partition coefficient (Wildman–Crippen LogP) is 3.46. The van der Waals surface area contributed by atoms with Gasteiger partial charge in [0.2, 0.25) is 0 Å². The molecule has 3 nitrogen and oxygen atoms in total. The first-order valence-electron chi connectivity index (χ1n) is 6.40. The quantitative estimate of drug-likeness (QED) is 0.780. The van der Waals surface area contributed by atoms with Gasteiger partial charge >= 0.3 is 0 Å². The molecule has 0 heterocycles. The lowest BCUT2D eigenvalue weighted by Gasteiger charge is -2.09. The normalized spacial score (nSPS) is 10.1. The van der Waals surface area contributed by atoms with Gasteiger partial charge in [-0.3, -0.25) is 9.59 Å². The second-order valence-corrected chi connectivity index (χ2v) is 4.63. The first-order chi connectivity index (χ1) is 9.58. The van der Waals surface area contributed by atoms with E-state index in [4.69, 9.17) is 4.74 Å². The van der Waals surface area contributed by atoms with E-state index in [0.29, 0.717) is 16.9 Å². The van der Waals surface area contributed by atoms with Crippen molar-refractivity contribution < 1.29 is 14.3 Å². The van der Waals surface area contributed by atoms with Crippen molar-refractivity contribution in [2.45, 2.75) is 13.8 Å². The molecule has 0 spiro atoms. The molecule has 0 amide bonds. The van der Waals surface area contributed by atoms with Crippen LogP contribution in [0.1, 0.15) is 33.2 Å². The Bertz CT molecular complexity index is 627. The van der Waals surface area contributed by atoms with Crippen molar-refractivity contribution >= 4 is 11.6 Å². The van der Waals surface area contributed by atoms with Crippen molar-refractivity contribution in [2.24, 2.45) is 0 Å². The molecule has 102 valence electrons. The van der Waals surface area contributed by atoms with E-state index >= 15 is 0 Å². The maximum absolute atomic E-state index is 12.0. The van der Waals surface area contributed by atoms with Crippen LogP contribution in [-0.2, 0) is 0 Å². The fourth-order valence-electron chi connectivity index (χ4n) is 1.85. The van der Waals surface area contributed by atoms with Crippen LogP contribution in [0.4, 0.5) is 0 Å². The summed E-state index contributed by atoms with van der Waals surface area (Å²) >= 11 is 0. The van der Waals surface area contributed by atoms with Crippen LogP contribution in [0.25, 0.3) is 0 Å². The molecule has 0 unspecified atom stereocenters. The minimum atomic E-state index is -0.108. The maximum atomic E-state index is 12.0. The lowest BCUT2D eigenvalue weighted by molar-refractivity contribution is 0.0913. The predicted molar refractivity (Wildman–Crippen MR) is 77.5 cm³/mol. The van der Waals surface area contributed by atoms with E-state index in [9.17, 15) is 9.59 Å². The van der Waals surface area contributed by atoms with Gasteiger partial charge in [0.25, 0.3) is 0 Å². The summed E-state index contributed by atoms with van der Waals surface area (Å²) in [6, 6.07) is 14.2. The average Bonchev–Trinajstić information content (AvgIpc) is 2.45. The zero-order valence-corrected chi connectivity index (χ0v) is 11.6. The average molecular weight is 268 g/mol. The second kappa shape index (κ2) is 6.15. The highest BCUT2D eigenvalue weighted by molar-refractivity contribution is 5.98. The molecule has 0 aliphatic carbocycles. The molecule has 2 aromatic carbocycles. The van der Waals surface area contributed by atoms with Gasteiger partial charge in [0, 0.05) is 5.56 Å². The highest BCUT2D eigenvalue weighted by Crippen LogP contribution is 2.18. The maximum Gasteiger partial charge on any atom is 0.200 e. The molecule has 2 rings (SSSR count). The lowest BCUT2D eigenvalue weighted by atomic mass is 10.1. The molecule has 0 radical (unpaired) electrons. The largest absolute Gasteiger partial charge is 0.485 e. The minimum Gasteiger partial charge on any atom is -0.485 e.